The van der Waals surface area contributed by atoms with Gasteiger partial charge in [-0.1, -0.05) is 0 Å². The molecule has 5 rings (SSSR count). The van der Waals surface area contributed by atoms with E-state index in [9.17, 15) is 61.3 Å². The van der Waals surface area contributed by atoms with Gasteiger partial charge in [0.2, 0.25) is 0 Å². The van der Waals surface area contributed by atoms with Crippen LogP contribution in [0.5, 0.6) is 0 Å². The van der Waals surface area contributed by atoms with Crippen molar-refractivity contribution >= 4 is 0 Å². The van der Waals surface area contributed by atoms with Crippen LogP contribution in [0.15, 0.2) is 0 Å². The van der Waals surface area contributed by atoms with Gasteiger partial charge >= 0.3 is 0 Å². The summed E-state index contributed by atoms with van der Waals surface area (Å²) < 4.78 is 29.4. The number of hydrogen-bond donors (Lipinski definition) is 12. The summed E-state index contributed by atoms with van der Waals surface area (Å²) in [6.45, 7) is -1.33. The van der Waals surface area contributed by atoms with Crippen LogP contribution in [0.4, 0.5) is 0 Å². The molecule has 8 unspecified atom stereocenters. The molecule has 12 N–H and O–H groups in total. The van der Waals surface area contributed by atoms with E-state index in [0.717, 1.165) is 0 Å². The van der Waals surface area contributed by atoms with Crippen LogP contribution < -0.4 is 0 Å². The van der Waals surface area contributed by atoms with E-state index >= 15 is 0 Å². The average Bonchev–Trinajstić information content (AvgIpc) is 3.00. The Bertz CT molecular complexity index is 915. The molecule has 17 heteroatoms. The number of hydrogen-bond acceptors (Lipinski definition) is 17. The van der Waals surface area contributed by atoms with Gasteiger partial charge in [0, 0.05) is 6.42 Å². The molecule has 3 heterocycles. The van der Waals surface area contributed by atoms with E-state index in [0.29, 0.717) is 0 Å². The highest BCUT2D eigenvalue weighted by Gasteiger charge is 2.53. The highest BCUT2D eigenvalue weighted by atomic mass is 16.7. The molecule has 3 aliphatic heterocycles. The Hall–Kier alpha value is -0.680. The summed E-state index contributed by atoms with van der Waals surface area (Å²) >= 11 is 0. The van der Waals surface area contributed by atoms with Crippen LogP contribution in [-0.4, -0.2) is 185 Å². The molecule has 2 aliphatic carbocycles. The second-order valence-corrected chi connectivity index (χ2v) is 12.8. The maximum Gasteiger partial charge on any atom is 0.187 e. The quantitative estimate of drug-likeness (QED) is 0.123. The molecule has 18 atom stereocenters. The second-order valence-electron chi connectivity index (χ2n) is 12.8. The molecule has 256 valence electrons. The zero-order valence-corrected chi connectivity index (χ0v) is 23.9. The van der Waals surface area contributed by atoms with Crippen LogP contribution >= 0.6 is 0 Å². The molecule has 0 aromatic rings. The molecule has 0 radical (unpaired) electrons. The summed E-state index contributed by atoms with van der Waals surface area (Å²) in [4.78, 5) is 0. The molecule has 5 fully saturated rings. The maximum atomic E-state index is 11.0. The van der Waals surface area contributed by atoms with E-state index in [1.165, 1.54) is 0 Å². The molecular formula is C27H46O17. The molecular weight excluding hydrogens is 596 g/mol. The average molecular weight is 643 g/mol. The van der Waals surface area contributed by atoms with E-state index in [1.54, 1.807) is 0 Å². The highest BCUT2D eigenvalue weighted by molar-refractivity contribution is 5.00. The van der Waals surface area contributed by atoms with E-state index < -0.39 is 129 Å². The predicted octanol–water partition coefficient (Wildman–Crippen LogP) is -6.22. The van der Waals surface area contributed by atoms with Crippen molar-refractivity contribution in [3.05, 3.63) is 0 Å². The zero-order valence-electron chi connectivity index (χ0n) is 23.9. The minimum atomic E-state index is -1.70. The number of rotatable bonds is 7. The Morgan fingerprint density at radius 3 is 1.43 bits per heavy atom. The van der Waals surface area contributed by atoms with Crippen molar-refractivity contribution in [3.63, 3.8) is 0 Å². The third-order valence-electron chi connectivity index (χ3n) is 9.85. The minimum absolute atomic E-state index is 0.0419. The van der Waals surface area contributed by atoms with Crippen LogP contribution in [0, 0.1) is 11.8 Å². The summed E-state index contributed by atoms with van der Waals surface area (Å²) in [5.74, 6) is -0.914. The summed E-state index contributed by atoms with van der Waals surface area (Å²) in [6, 6.07) is 0. The van der Waals surface area contributed by atoms with Gasteiger partial charge in [0.05, 0.1) is 55.9 Å². The van der Waals surface area contributed by atoms with Crippen molar-refractivity contribution in [2.24, 2.45) is 11.8 Å². The lowest BCUT2D eigenvalue weighted by Gasteiger charge is -2.52. The number of fused-ring (bicyclic) bond motifs is 1. The number of aliphatic hydroxyl groups excluding tert-OH is 12. The molecule has 5 aliphatic rings. The van der Waals surface area contributed by atoms with Crippen LogP contribution in [0.1, 0.15) is 32.1 Å². The van der Waals surface area contributed by atoms with Gasteiger partial charge in [-0.15, -0.1) is 0 Å². The Morgan fingerprint density at radius 1 is 0.455 bits per heavy atom. The van der Waals surface area contributed by atoms with Gasteiger partial charge in [-0.25, -0.2) is 0 Å². The first-order chi connectivity index (χ1) is 20.8. The normalized spacial score (nSPS) is 55.4. The fourth-order valence-electron chi connectivity index (χ4n) is 7.24. The van der Waals surface area contributed by atoms with Gasteiger partial charge in [-0.2, -0.15) is 0 Å². The molecule has 0 spiro atoms. The molecule has 44 heavy (non-hydrogen) atoms. The number of ether oxygens (including phenoxy) is 5. The van der Waals surface area contributed by atoms with E-state index in [4.69, 9.17) is 23.7 Å². The van der Waals surface area contributed by atoms with Crippen molar-refractivity contribution in [2.45, 2.75) is 142 Å². The topological polar surface area (TPSA) is 289 Å². The largest absolute Gasteiger partial charge is 0.394 e. The molecule has 0 aromatic carbocycles. The van der Waals surface area contributed by atoms with Crippen molar-refractivity contribution in [3.8, 4) is 0 Å². The van der Waals surface area contributed by atoms with Gasteiger partial charge in [0.1, 0.15) is 54.9 Å². The fraction of sp³-hybridized carbons (Fsp3) is 1.00. The van der Waals surface area contributed by atoms with E-state index in [1.807, 2.05) is 0 Å². The Kier molecular flexibility index (Phi) is 11.2. The monoisotopic (exact) mass is 642 g/mol. The smallest absolute Gasteiger partial charge is 0.187 e. The lowest BCUT2D eigenvalue weighted by Crippen LogP contribution is -2.63. The van der Waals surface area contributed by atoms with E-state index in [2.05, 4.69) is 0 Å². The van der Waals surface area contributed by atoms with Crippen molar-refractivity contribution < 1.29 is 85.0 Å². The molecule has 0 bridgehead atoms. The Labute approximate surface area is 252 Å². The molecule has 2 saturated carbocycles. The minimum Gasteiger partial charge on any atom is -0.394 e. The van der Waals surface area contributed by atoms with Crippen LogP contribution in [0.25, 0.3) is 0 Å². The van der Waals surface area contributed by atoms with Gasteiger partial charge in [-0.3, -0.25) is 0 Å². The summed E-state index contributed by atoms with van der Waals surface area (Å²) in [7, 11) is 0. The van der Waals surface area contributed by atoms with Crippen molar-refractivity contribution in [2.75, 3.05) is 13.2 Å². The van der Waals surface area contributed by atoms with Gasteiger partial charge < -0.3 is 85.0 Å². The first-order valence-corrected chi connectivity index (χ1v) is 15.1. The van der Waals surface area contributed by atoms with Crippen LogP contribution in [0.3, 0.4) is 0 Å². The Morgan fingerprint density at radius 2 is 0.932 bits per heavy atom. The van der Waals surface area contributed by atoms with Gasteiger partial charge in [0.15, 0.2) is 12.6 Å². The molecule has 0 aromatic heterocycles. The summed E-state index contributed by atoms with van der Waals surface area (Å²) in [5.41, 5.74) is 0. The summed E-state index contributed by atoms with van der Waals surface area (Å²) in [6.07, 6.45) is -23.1. The lowest BCUT2D eigenvalue weighted by atomic mass is 9.72. The van der Waals surface area contributed by atoms with Crippen LogP contribution in [0.2, 0.25) is 0 Å². The standard InChI is InChI=1S/C27H46O17/c28-6-16-19(34)21(36)23(38)26(43-16)41-14-3-8-4-15(42-27-24(39)22(37)20(35)17(7-29)44-27)25(40-13(8)5-10(14)30)9-1-11(31)18(33)12(32)2-9/h8-39H,1-7H2/t8?,9?,10?,11?,12?,13?,14?,15?,16-,17-,18?,19-,20-,21+,22+,23-,24-,25?,26+,27+/m1/s1. The maximum absolute atomic E-state index is 11.0. The first-order valence-electron chi connectivity index (χ1n) is 15.1. The SMILES string of the molecule is OC[C@H]1O[C@H](OC2CC3CC(O[C@H]4O[C@H](CO)[C@@H](O)[C@H](O)[C@H]4O)C(C4CC(O)C(O)C(O)C4)OC3CC2O)[C@H](O)[C@@H](O)[C@@H]1O. The highest BCUT2D eigenvalue weighted by Crippen LogP contribution is 2.44. The van der Waals surface area contributed by atoms with Crippen molar-refractivity contribution in [1.29, 1.82) is 0 Å². The summed E-state index contributed by atoms with van der Waals surface area (Å²) in [5, 5.41) is 123. The first kappa shape index (κ1) is 34.6. The third-order valence-corrected chi connectivity index (χ3v) is 9.85. The van der Waals surface area contributed by atoms with Crippen LogP contribution in [-0.2, 0) is 23.7 Å². The molecule has 0 amide bonds. The fourth-order valence-corrected chi connectivity index (χ4v) is 7.24. The lowest BCUT2D eigenvalue weighted by molar-refractivity contribution is -0.339. The Balaban J connectivity index is 1.33. The van der Waals surface area contributed by atoms with Gasteiger partial charge in [-0.05, 0) is 37.5 Å². The third kappa shape index (κ3) is 6.81. The predicted molar refractivity (Wildman–Crippen MR) is 140 cm³/mol. The van der Waals surface area contributed by atoms with Crippen molar-refractivity contribution in [1.82, 2.24) is 0 Å². The zero-order chi connectivity index (χ0) is 32.0. The molecule has 17 nitrogen and oxygen atoms in total. The van der Waals surface area contributed by atoms with Gasteiger partial charge in [0.25, 0.3) is 0 Å². The molecule has 3 saturated heterocycles. The number of aliphatic hydroxyl groups is 12. The van der Waals surface area contributed by atoms with E-state index in [-0.39, 0.29) is 38.0 Å². The second kappa shape index (κ2) is 14.2.